The number of hydrogen-bond acceptors (Lipinski definition) is 2. The summed E-state index contributed by atoms with van der Waals surface area (Å²) in [4.78, 5) is 2.35. The van der Waals surface area contributed by atoms with Crippen molar-refractivity contribution < 1.29 is 18.3 Å². The maximum atomic E-state index is 12.6. The Labute approximate surface area is 122 Å². The highest BCUT2D eigenvalue weighted by atomic mass is 19.4. The van der Waals surface area contributed by atoms with Crippen LogP contribution in [0.4, 0.5) is 13.2 Å². The average molecular weight is 299 g/mol. The zero-order chi connectivity index (χ0) is 15.3. The third-order valence-corrected chi connectivity index (χ3v) is 5.13. The lowest BCUT2D eigenvalue weighted by Gasteiger charge is -2.27. The molecule has 0 bridgehead atoms. The lowest BCUT2D eigenvalue weighted by Crippen LogP contribution is -2.35. The summed E-state index contributed by atoms with van der Waals surface area (Å²) in [7, 11) is 0. The van der Waals surface area contributed by atoms with Crippen molar-refractivity contribution in [1.82, 2.24) is 4.90 Å². The van der Waals surface area contributed by atoms with Crippen LogP contribution in [-0.2, 0) is 11.6 Å². The molecule has 1 unspecified atom stereocenters. The third-order valence-electron chi connectivity index (χ3n) is 5.13. The minimum absolute atomic E-state index is 0.0494. The molecule has 116 valence electrons. The van der Waals surface area contributed by atoms with Gasteiger partial charge in [-0.25, -0.2) is 0 Å². The SMILES string of the molecule is CC(CCO)N1C[C@@H]2C[C@]2(c2ccc(C(F)(F)F)cc2)C1. The molecular weight excluding hydrogens is 279 g/mol. The van der Waals surface area contributed by atoms with E-state index in [-0.39, 0.29) is 12.0 Å². The molecule has 0 aromatic heterocycles. The summed E-state index contributed by atoms with van der Waals surface area (Å²) < 4.78 is 37.9. The van der Waals surface area contributed by atoms with E-state index >= 15 is 0 Å². The van der Waals surface area contributed by atoms with E-state index in [4.69, 9.17) is 5.11 Å². The number of nitrogens with zero attached hydrogens (tertiary/aromatic N) is 1. The molecule has 2 nitrogen and oxygen atoms in total. The van der Waals surface area contributed by atoms with Gasteiger partial charge < -0.3 is 5.11 Å². The molecule has 0 spiro atoms. The van der Waals surface area contributed by atoms with Crippen LogP contribution >= 0.6 is 0 Å². The Morgan fingerprint density at radius 2 is 2.00 bits per heavy atom. The molecule has 0 amide bonds. The van der Waals surface area contributed by atoms with E-state index in [1.807, 2.05) is 0 Å². The molecule has 3 atom stereocenters. The Hall–Kier alpha value is -1.07. The number of fused-ring (bicyclic) bond motifs is 1. The summed E-state index contributed by atoms with van der Waals surface area (Å²) >= 11 is 0. The Bertz CT molecular complexity index is 513. The summed E-state index contributed by atoms with van der Waals surface area (Å²) in [5.74, 6) is 0.551. The van der Waals surface area contributed by atoms with Crippen molar-refractivity contribution in [1.29, 1.82) is 0 Å². The highest BCUT2D eigenvalue weighted by Gasteiger charge is 2.61. The van der Waals surface area contributed by atoms with Crippen LogP contribution in [0.3, 0.4) is 0 Å². The molecule has 2 aliphatic rings. The first kappa shape index (κ1) is 14.9. The van der Waals surface area contributed by atoms with E-state index < -0.39 is 11.7 Å². The first-order valence-corrected chi connectivity index (χ1v) is 7.39. The number of aliphatic hydroxyl groups excluding tert-OH is 1. The van der Waals surface area contributed by atoms with Gasteiger partial charge in [0.15, 0.2) is 0 Å². The van der Waals surface area contributed by atoms with Gasteiger partial charge >= 0.3 is 6.18 Å². The molecular formula is C16H20F3NO. The van der Waals surface area contributed by atoms with E-state index in [1.54, 1.807) is 12.1 Å². The lowest BCUT2D eigenvalue weighted by molar-refractivity contribution is -0.137. The van der Waals surface area contributed by atoms with E-state index in [2.05, 4.69) is 11.8 Å². The molecule has 0 radical (unpaired) electrons. The summed E-state index contributed by atoms with van der Waals surface area (Å²) in [6.07, 6.45) is -2.45. The third kappa shape index (κ3) is 2.57. The monoisotopic (exact) mass is 299 g/mol. The Balaban J connectivity index is 1.74. The second-order valence-electron chi connectivity index (χ2n) is 6.42. The first-order chi connectivity index (χ1) is 9.87. The Morgan fingerprint density at radius 1 is 1.33 bits per heavy atom. The van der Waals surface area contributed by atoms with Crippen LogP contribution in [0.1, 0.15) is 30.9 Å². The molecule has 1 saturated carbocycles. The topological polar surface area (TPSA) is 23.5 Å². The normalized spacial score (nSPS) is 30.2. The van der Waals surface area contributed by atoms with Crippen molar-refractivity contribution in [3.8, 4) is 0 Å². The molecule has 21 heavy (non-hydrogen) atoms. The maximum Gasteiger partial charge on any atom is 0.416 e. The van der Waals surface area contributed by atoms with E-state index in [0.717, 1.165) is 31.5 Å². The highest BCUT2D eigenvalue weighted by molar-refractivity contribution is 5.39. The fourth-order valence-electron chi connectivity index (χ4n) is 3.66. The number of piperidine rings is 1. The van der Waals surface area contributed by atoms with Gasteiger partial charge in [0.25, 0.3) is 0 Å². The van der Waals surface area contributed by atoms with Crippen LogP contribution < -0.4 is 0 Å². The van der Waals surface area contributed by atoms with Crippen LogP contribution in [0.5, 0.6) is 0 Å². The van der Waals surface area contributed by atoms with Gasteiger partial charge in [-0.05, 0) is 43.4 Å². The molecule has 1 aromatic carbocycles. The van der Waals surface area contributed by atoms with Gasteiger partial charge in [0.2, 0.25) is 0 Å². The Morgan fingerprint density at radius 3 is 2.57 bits per heavy atom. The van der Waals surface area contributed by atoms with Gasteiger partial charge in [-0.2, -0.15) is 13.2 Å². The molecule has 1 heterocycles. The van der Waals surface area contributed by atoms with Crippen molar-refractivity contribution in [2.45, 2.75) is 37.4 Å². The molecule has 3 rings (SSSR count). The minimum atomic E-state index is -4.27. The fraction of sp³-hybridized carbons (Fsp3) is 0.625. The predicted octanol–water partition coefficient (Wildman–Crippen LogP) is 3.05. The Kier molecular flexibility index (Phi) is 3.53. The smallest absolute Gasteiger partial charge is 0.396 e. The lowest BCUT2D eigenvalue weighted by atomic mass is 9.94. The first-order valence-electron chi connectivity index (χ1n) is 7.39. The molecule has 2 fully saturated rings. The number of halogens is 3. The van der Waals surface area contributed by atoms with Gasteiger partial charge in [-0.3, -0.25) is 4.90 Å². The van der Waals surface area contributed by atoms with Gasteiger partial charge in [-0.15, -0.1) is 0 Å². The van der Waals surface area contributed by atoms with Gasteiger partial charge in [-0.1, -0.05) is 12.1 Å². The van der Waals surface area contributed by atoms with Crippen LogP contribution in [0.25, 0.3) is 0 Å². The molecule has 1 N–H and O–H groups in total. The highest BCUT2D eigenvalue weighted by Crippen LogP contribution is 2.59. The molecule has 1 aliphatic heterocycles. The number of likely N-dealkylation sites (tertiary alicyclic amines) is 1. The number of benzene rings is 1. The zero-order valence-corrected chi connectivity index (χ0v) is 12.0. The summed E-state index contributed by atoms with van der Waals surface area (Å²) in [5.41, 5.74) is 0.496. The summed E-state index contributed by atoms with van der Waals surface area (Å²) in [6.45, 7) is 4.16. The fourth-order valence-corrected chi connectivity index (χ4v) is 3.66. The number of aliphatic hydroxyl groups is 1. The minimum Gasteiger partial charge on any atom is -0.396 e. The standard InChI is InChI=1S/C16H20F3NO/c1-11(6-7-21)20-9-14-8-15(14,10-20)12-2-4-13(5-3-12)16(17,18)19/h2-5,11,14,21H,6-10H2,1H3/t11?,14-,15+/m0/s1. The molecule has 5 heteroatoms. The van der Waals surface area contributed by atoms with Crippen molar-refractivity contribution in [2.75, 3.05) is 19.7 Å². The second kappa shape index (κ2) is 4.99. The quantitative estimate of drug-likeness (QED) is 0.923. The van der Waals surface area contributed by atoms with Crippen molar-refractivity contribution in [3.05, 3.63) is 35.4 Å². The van der Waals surface area contributed by atoms with E-state index in [9.17, 15) is 13.2 Å². The summed E-state index contributed by atoms with van der Waals surface area (Å²) in [5, 5.41) is 9.03. The van der Waals surface area contributed by atoms with Crippen molar-refractivity contribution in [2.24, 2.45) is 5.92 Å². The number of hydrogen-bond donors (Lipinski definition) is 1. The van der Waals surface area contributed by atoms with E-state index in [1.165, 1.54) is 12.1 Å². The second-order valence-corrected chi connectivity index (χ2v) is 6.42. The predicted molar refractivity (Wildman–Crippen MR) is 74.0 cm³/mol. The average Bonchev–Trinajstić information content (AvgIpc) is 3.01. The molecule has 1 aromatic rings. The number of alkyl halides is 3. The molecule has 1 aliphatic carbocycles. The van der Waals surface area contributed by atoms with Crippen LogP contribution in [0.2, 0.25) is 0 Å². The van der Waals surface area contributed by atoms with Crippen molar-refractivity contribution in [3.63, 3.8) is 0 Å². The van der Waals surface area contributed by atoms with Gasteiger partial charge in [0.05, 0.1) is 5.56 Å². The largest absolute Gasteiger partial charge is 0.416 e. The van der Waals surface area contributed by atoms with Gasteiger partial charge in [0, 0.05) is 31.2 Å². The van der Waals surface area contributed by atoms with Crippen molar-refractivity contribution >= 4 is 0 Å². The van der Waals surface area contributed by atoms with Gasteiger partial charge in [0.1, 0.15) is 0 Å². The van der Waals surface area contributed by atoms with E-state index in [0.29, 0.717) is 12.0 Å². The summed E-state index contributed by atoms with van der Waals surface area (Å²) in [6, 6.07) is 6.00. The molecule has 1 saturated heterocycles. The number of rotatable bonds is 4. The maximum absolute atomic E-state index is 12.6. The zero-order valence-electron chi connectivity index (χ0n) is 12.0. The van der Waals surface area contributed by atoms with Crippen LogP contribution in [0, 0.1) is 5.92 Å². The van der Waals surface area contributed by atoms with Crippen LogP contribution in [0.15, 0.2) is 24.3 Å². The van der Waals surface area contributed by atoms with Crippen LogP contribution in [-0.4, -0.2) is 35.7 Å².